The van der Waals surface area contributed by atoms with Gasteiger partial charge < -0.3 is 15.3 Å². The van der Waals surface area contributed by atoms with Crippen molar-refractivity contribution in [1.82, 2.24) is 9.97 Å². The van der Waals surface area contributed by atoms with Crippen LogP contribution in [0.4, 0.5) is 0 Å². The van der Waals surface area contributed by atoms with Crippen LogP contribution in [0.5, 0.6) is 0 Å². The van der Waals surface area contributed by atoms with Gasteiger partial charge in [0, 0.05) is 12.7 Å². The van der Waals surface area contributed by atoms with Crippen LogP contribution in [-0.4, -0.2) is 27.6 Å². The minimum atomic E-state index is -1.01. The van der Waals surface area contributed by atoms with E-state index in [-0.39, 0.29) is 6.54 Å². The maximum Gasteiger partial charge on any atom is 0.315 e. The zero-order valence-corrected chi connectivity index (χ0v) is 7.75. The Morgan fingerprint density at radius 1 is 1.67 bits per heavy atom. The number of nitrogens with two attached hydrogens (primary N) is 1. The molecule has 0 spiro atoms. The predicted octanol–water partition coefficient (Wildman–Crippen LogP) is 0.350. The molecule has 6 nitrogen and oxygen atoms in total. The monoisotopic (exact) mass is 207 g/mol. The lowest BCUT2D eigenvalue weighted by Gasteiger charge is -2.04. The molecule has 2 aromatic rings. The van der Waals surface area contributed by atoms with Gasteiger partial charge in [0.2, 0.25) is 5.71 Å². The van der Waals surface area contributed by atoms with Gasteiger partial charge in [-0.15, -0.1) is 0 Å². The van der Waals surface area contributed by atoms with Gasteiger partial charge in [0.25, 0.3) is 0 Å². The number of aliphatic carboxylic acids is 1. The average molecular weight is 207 g/mol. The van der Waals surface area contributed by atoms with Crippen molar-refractivity contribution in [3.8, 4) is 0 Å². The number of fused-ring (bicyclic) bond motifs is 1. The van der Waals surface area contributed by atoms with Gasteiger partial charge in [-0.25, -0.2) is 9.97 Å². The highest BCUT2D eigenvalue weighted by Crippen LogP contribution is 2.22. The summed E-state index contributed by atoms with van der Waals surface area (Å²) in [5.74, 6) is -1.54. The van der Waals surface area contributed by atoms with Crippen molar-refractivity contribution in [2.45, 2.75) is 5.92 Å². The number of carboxylic acid groups (broad SMARTS) is 1. The number of nitrogens with zero attached hydrogens (tertiary/aromatic N) is 2. The molecule has 15 heavy (non-hydrogen) atoms. The van der Waals surface area contributed by atoms with Gasteiger partial charge >= 0.3 is 5.97 Å². The molecule has 0 aliphatic carbocycles. The summed E-state index contributed by atoms with van der Waals surface area (Å²) < 4.78 is 5.27. The van der Waals surface area contributed by atoms with E-state index in [4.69, 9.17) is 15.3 Å². The van der Waals surface area contributed by atoms with E-state index in [1.165, 1.54) is 6.33 Å². The highest BCUT2D eigenvalue weighted by molar-refractivity contribution is 5.79. The van der Waals surface area contributed by atoms with Crippen molar-refractivity contribution in [1.29, 1.82) is 0 Å². The summed E-state index contributed by atoms with van der Waals surface area (Å²) in [4.78, 5) is 18.5. The van der Waals surface area contributed by atoms with Crippen molar-refractivity contribution in [2.75, 3.05) is 6.54 Å². The zero-order valence-electron chi connectivity index (χ0n) is 7.75. The lowest BCUT2D eigenvalue weighted by atomic mass is 10.1. The first-order valence-electron chi connectivity index (χ1n) is 4.34. The molecule has 0 aliphatic rings. The second kappa shape index (κ2) is 3.66. The molecule has 1 unspecified atom stereocenters. The number of hydrogen-bond acceptors (Lipinski definition) is 5. The fourth-order valence-electron chi connectivity index (χ4n) is 1.32. The lowest BCUT2D eigenvalue weighted by molar-refractivity contribution is -0.138. The highest BCUT2D eigenvalue weighted by atomic mass is 16.4. The van der Waals surface area contributed by atoms with E-state index in [0.29, 0.717) is 16.9 Å². The topological polar surface area (TPSA) is 102 Å². The van der Waals surface area contributed by atoms with Gasteiger partial charge in [-0.2, -0.15) is 0 Å². The third-order valence-electron chi connectivity index (χ3n) is 2.09. The molecule has 0 aliphatic heterocycles. The van der Waals surface area contributed by atoms with Gasteiger partial charge in [-0.3, -0.25) is 4.79 Å². The molecule has 0 amide bonds. The van der Waals surface area contributed by atoms with Crippen molar-refractivity contribution in [3.63, 3.8) is 0 Å². The van der Waals surface area contributed by atoms with Crippen LogP contribution < -0.4 is 5.73 Å². The Bertz CT molecular complexity index is 461. The standard InChI is InChI=1S/C9H9N3O3/c10-2-6(9(13)14)7-1-5-3-11-4-12-8(5)15-7/h1,3-4,6H,2,10H2,(H,13,14). The Balaban J connectivity index is 2.47. The summed E-state index contributed by atoms with van der Waals surface area (Å²) >= 11 is 0. The first-order chi connectivity index (χ1) is 7.22. The second-order valence-corrected chi connectivity index (χ2v) is 3.06. The molecule has 0 saturated carbocycles. The van der Waals surface area contributed by atoms with Crippen molar-refractivity contribution in [3.05, 3.63) is 24.4 Å². The fraction of sp³-hybridized carbons (Fsp3) is 0.222. The van der Waals surface area contributed by atoms with E-state index in [9.17, 15) is 4.79 Å². The molecule has 0 saturated heterocycles. The van der Waals surface area contributed by atoms with Crippen LogP contribution in [0.25, 0.3) is 11.1 Å². The summed E-state index contributed by atoms with van der Waals surface area (Å²) in [6, 6.07) is 1.60. The summed E-state index contributed by atoms with van der Waals surface area (Å²) in [6.45, 7) is -0.0113. The quantitative estimate of drug-likeness (QED) is 0.752. The van der Waals surface area contributed by atoms with Gasteiger partial charge in [0.05, 0.1) is 5.39 Å². The maximum absolute atomic E-state index is 10.8. The molecule has 6 heteroatoms. The van der Waals surface area contributed by atoms with Crippen molar-refractivity contribution >= 4 is 17.1 Å². The first kappa shape index (κ1) is 9.60. The van der Waals surface area contributed by atoms with Crippen molar-refractivity contribution in [2.24, 2.45) is 5.73 Å². The van der Waals surface area contributed by atoms with E-state index in [2.05, 4.69) is 9.97 Å². The SMILES string of the molecule is NCC(C(=O)O)c1cc2cncnc2o1. The molecule has 1 atom stereocenters. The van der Waals surface area contributed by atoms with Gasteiger partial charge in [0.15, 0.2) is 0 Å². The highest BCUT2D eigenvalue weighted by Gasteiger charge is 2.22. The minimum Gasteiger partial charge on any atom is -0.481 e. The molecule has 0 radical (unpaired) electrons. The Kier molecular flexibility index (Phi) is 2.34. The molecule has 2 aromatic heterocycles. The largest absolute Gasteiger partial charge is 0.481 e. The molecular formula is C9H9N3O3. The third-order valence-corrected chi connectivity index (χ3v) is 2.09. The van der Waals surface area contributed by atoms with Crippen LogP contribution >= 0.6 is 0 Å². The zero-order chi connectivity index (χ0) is 10.8. The molecule has 3 N–H and O–H groups in total. The number of furan rings is 1. The third kappa shape index (κ3) is 1.66. The minimum absolute atomic E-state index is 0.0113. The van der Waals surface area contributed by atoms with E-state index in [0.717, 1.165) is 0 Å². The average Bonchev–Trinajstić information content (AvgIpc) is 2.61. The Hall–Kier alpha value is -1.95. The van der Waals surface area contributed by atoms with Crippen LogP contribution in [0.3, 0.4) is 0 Å². The fourth-order valence-corrected chi connectivity index (χ4v) is 1.32. The summed E-state index contributed by atoms with van der Waals surface area (Å²) in [5.41, 5.74) is 5.73. The van der Waals surface area contributed by atoms with Crippen LogP contribution in [0.2, 0.25) is 0 Å². The number of aromatic nitrogens is 2. The predicted molar refractivity (Wildman–Crippen MR) is 51.2 cm³/mol. The molecule has 2 rings (SSSR count). The Morgan fingerprint density at radius 2 is 2.47 bits per heavy atom. The van der Waals surface area contributed by atoms with Crippen LogP contribution in [0, 0.1) is 0 Å². The molecule has 0 bridgehead atoms. The molecule has 2 heterocycles. The normalized spacial score (nSPS) is 12.9. The summed E-state index contributed by atoms with van der Waals surface area (Å²) in [5, 5.41) is 9.55. The van der Waals surface area contributed by atoms with Crippen LogP contribution in [-0.2, 0) is 4.79 Å². The van der Waals surface area contributed by atoms with E-state index in [1.807, 2.05) is 0 Å². The van der Waals surface area contributed by atoms with E-state index < -0.39 is 11.9 Å². The van der Waals surface area contributed by atoms with E-state index >= 15 is 0 Å². The smallest absolute Gasteiger partial charge is 0.315 e. The first-order valence-corrected chi connectivity index (χ1v) is 4.34. The maximum atomic E-state index is 10.8. The molecule has 78 valence electrons. The number of carboxylic acids is 1. The molecule has 0 fully saturated rings. The van der Waals surface area contributed by atoms with Gasteiger partial charge in [0.1, 0.15) is 18.0 Å². The van der Waals surface area contributed by atoms with E-state index in [1.54, 1.807) is 12.3 Å². The number of rotatable bonds is 3. The summed E-state index contributed by atoms with van der Waals surface area (Å²) in [6.07, 6.45) is 2.90. The number of hydrogen-bond donors (Lipinski definition) is 2. The van der Waals surface area contributed by atoms with Gasteiger partial charge in [-0.05, 0) is 6.07 Å². The van der Waals surface area contributed by atoms with Crippen LogP contribution in [0.1, 0.15) is 11.7 Å². The van der Waals surface area contributed by atoms with Crippen molar-refractivity contribution < 1.29 is 14.3 Å². The van der Waals surface area contributed by atoms with Crippen LogP contribution in [0.15, 0.2) is 23.0 Å². The second-order valence-electron chi connectivity index (χ2n) is 3.06. The summed E-state index contributed by atoms with van der Waals surface area (Å²) in [7, 11) is 0. The Morgan fingerprint density at radius 3 is 3.07 bits per heavy atom. The van der Waals surface area contributed by atoms with Gasteiger partial charge in [-0.1, -0.05) is 0 Å². The Labute approximate surface area is 84.7 Å². The molecular weight excluding hydrogens is 198 g/mol. The molecule has 0 aromatic carbocycles. The number of carbonyl (C=O) groups is 1. The lowest BCUT2D eigenvalue weighted by Crippen LogP contribution is -2.20.